The Morgan fingerprint density at radius 3 is 1.74 bits per heavy atom. The summed E-state index contributed by atoms with van der Waals surface area (Å²) in [6.07, 6.45) is 0. The predicted octanol–water partition coefficient (Wildman–Crippen LogP) is 5.46. The van der Waals surface area contributed by atoms with Crippen molar-refractivity contribution in [3.8, 4) is 28.7 Å². The number of methoxy groups -OCH3 is 1. The van der Waals surface area contributed by atoms with Gasteiger partial charge in [0.15, 0.2) is 17.1 Å². The number of aromatic amines is 1. The van der Waals surface area contributed by atoms with Crippen molar-refractivity contribution in [3.63, 3.8) is 0 Å². The van der Waals surface area contributed by atoms with Gasteiger partial charge in [-0.2, -0.15) is 35.5 Å². The summed E-state index contributed by atoms with van der Waals surface area (Å²) < 4.78 is 118. The lowest BCUT2D eigenvalue weighted by Gasteiger charge is -2.13. The second-order valence-electron chi connectivity index (χ2n) is 13.0. The Kier molecular flexibility index (Phi) is 14.0. The Morgan fingerprint density at radius 1 is 0.652 bits per heavy atom. The van der Waals surface area contributed by atoms with Crippen LogP contribution in [0.2, 0.25) is 0 Å². The van der Waals surface area contributed by atoms with E-state index >= 15 is 0 Å². The number of benzene rings is 5. The van der Waals surface area contributed by atoms with Gasteiger partial charge in [0.05, 0.1) is 42.3 Å². The fourth-order valence-corrected chi connectivity index (χ4v) is 7.62. The molecular formula is C37H32N8O18S3. The van der Waals surface area contributed by atoms with Crippen LogP contribution in [0.4, 0.5) is 34.1 Å². The first kappa shape index (κ1) is 48.0. The molecular weight excluding hydrogens is 941 g/mol. The molecule has 0 radical (unpaired) electrons. The van der Waals surface area contributed by atoms with Crippen LogP contribution in [0.25, 0.3) is 16.5 Å². The van der Waals surface area contributed by atoms with E-state index < -0.39 is 92.6 Å². The number of aliphatic hydroxyl groups excluding tert-OH is 2. The number of carboxylic acid groups (broad SMARTS) is 1. The summed E-state index contributed by atoms with van der Waals surface area (Å²) in [5.41, 5.74) is -3.88. The summed E-state index contributed by atoms with van der Waals surface area (Å²) >= 11 is 0. The van der Waals surface area contributed by atoms with Crippen LogP contribution in [0.5, 0.6) is 23.0 Å². The van der Waals surface area contributed by atoms with Gasteiger partial charge in [-0.15, -0.1) is 20.5 Å². The molecule has 1 heterocycles. The monoisotopic (exact) mass is 972 g/mol. The molecule has 1 aromatic heterocycles. The molecule has 0 spiro atoms. The van der Waals surface area contributed by atoms with Crippen molar-refractivity contribution >= 4 is 81.2 Å². The maximum Gasteiger partial charge on any atom is 0.356 e. The topological polar surface area (TPSA) is 401 Å². The van der Waals surface area contributed by atoms with Gasteiger partial charge in [-0.1, -0.05) is 0 Å². The van der Waals surface area contributed by atoms with E-state index in [1.807, 2.05) is 0 Å². The lowest BCUT2D eigenvalue weighted by atomic mass is 10.1. The van der Waals surface area contributed by atoms with Crippen LogP contribution in [0.3, 0.4) is 0 Å². The summed E-state index contributed by atoms with van der Waals surface area (Å²) in [5.74, 6) is -3.00. The molecule has 6 aromatic rings. The van der Waals surface area contributed by atoms with Gasteiger partial charge in [0.1, 0.15) is 57.3 Å². The van der Waals surface area contributed by atoms with Gasteiger partial charge in [-0.25, -0.2) is 9.48 Å². The molecule has 0 saturated heterocycles. The normalized spacial score (nSPS) is 12.5. The number of fused-ring (bicyclic) bond motifs is 1. The number of carbonyl (C=O) groups is 1. The Hall–Kier alpha value is -7.51. The Balaban J connectivity index is 1.39. The molecule has 0 aliphatic carbocycles. The third kappa shape index (κ3) is 10.7. The van der Waals surface area contributed by atoms with Crippen molar-refractivity contribution in [2.75, 3.05) is 33.5 Å². The number of aromatic hydroxyl groups is 1. The number of carboxylic acids is 1. The SMILES string of the molecule is COc1ccc(N=Nc2cc(OCCO)c(N=Nc3c(S(=O)(=O)O)cc4cc(N=Nc5c(C(=O)O)[nH]n(-c6ccc(S(=O)(=O)O)cc6)c5=O)ccc4c3O)cc2OCCO)cc1S(=O)(=O)O. The van der Waals surface area contributed by atoms with E-state index in [2.05, 4.69) is 35.8 Å². The van der Waals surface area contributed by atoms with Crippen LogP contribution in [0.15, 0.2) is 129 Å². The van der Waals surface area contributed by atoms with Gasteiger partial charge >= 0.3 is 5.97 Å². The van der Waals surface area contributed by atoms with Gasteiger partial charge in [-0.3, -0.25) is 23.6 Å². The van der Waals surface area contributed by atoms with Crippen LogP contribution in [-0.2, 0) is 30.4 Å². The summed E-state index contributed by atoms with van der Waals surface area (Å²) in [4.78, 5) is 23.2. The average Bonchev–Trinajstić information content (AvgIpc) is 3.60. The molecule has 8 N–H and O–H groups in total. The van der Waals surface area contributed by atoms with E-state index in [0.717, 1.165) is 53.2 Å². The quantitative estimate of drug-likeness (QED) is 0.0391. The van der Waals surface area contributed by atoms with E-state index in [-0.39, 0.29) is 69.7 Å². The number of aliphatic hydroxyl groups is 2. The molecule has 6 rings (SSSR count). The number of phenolic OH excluding ortho intramolecular Hbond substituents is 1. The molecule has 5 aromatic carbocycles. The number of phenols is 1. The molecule has 66 heavy (non-hydrogen) atoms. The molecule has 346 valence electrons. The first-order valence-electron chi connectivity index (χ1n) is 18.1. The molecule has 0 aliphatic heterocycles. The number of nitrogens with zero attached hydrogens (tertiary/aromatic N) is 7. The van der Waals surface area contributed by atoms with E-state index in [1.54, 1.807) is 0 Å². The van der Waals surface area contributed by atoms with Crippen molar-refractivity contribution in [2.45, 2.75) is 14.7 Å². The second kappa shape index (κ2) is 19.3. The highest BCUT2D eigenvalue weighted by Crippen LogP contribution is 2.45. The fourth-order valence-electron chi connectivity index (χ4n) is 5.80. The number of hydrogen-bond donors (Lipinski definition) is 8. The van der Waals surface area contributed by atoms with Crippen LogP contribution >= 0.6 is 0 Å². The van der Waals surface area contributed by atoms with Gasteiger partial charge in [0, 0.05) is 17.5 Å². The Bertz CT molecular complexity index is 3370. The highest BCUT2D eigenvalue weighted by atomic mass is 32.2. The number of ether oxygens (including phenoxy) is 3. The first-order chi connectivity index (χ1) is 31.1. The lowest BCUT2D eigenvalue weighted by molar-refractivity contribution is 0.0690. The van der Waals surface area contributed by atoms with Crippen molar-refractivity contribution in [3.05, 3.63) is 94.9 Å². The second-order valence-corrected chi connectivity index (χ2v) is 17.2. The number of aromatic carboxylic acids is 1. The van der Waals surface area contributed by atoms with E-state index in [0.29, 0.717) is 0 Å². The minimum atomic E-state index is -5.21. The number of nitrogens with one attached hydrogen (secondary N) is 1. The highest BCUT2D eigenvalue weighted by Gasteiger charge is 2.25. The van der Waals surface area contributed by atoms with Gasteiger partial charge in [-0.05, 0) is 72.1 Å². The molecule has 0 bridgehead atoms. The predicted molar refractivity (Wildman–Crippen MR) is 226 cm³/mol. The summed E-state index contributed by atoms with van der Waals surface area (Å²) in [6.45, 7) is -1.66. The molecule has 29 heteroatoms. The van der Waals surface area contributed by atoms with E-state index in [4.69, 9.17) is 14.2 Å². The first-order valence-corrected chi connectivity index (χ1v) is 22.5. The number of azo groups is 3. The van der Waals surface area contributed by atoms with E-state index in [9.17, 15) is 68.9 Å². The van der Waals surface area contributed by atoms with Crippen molar-refractivity contribution in [1.29, 1.82) is 0 Å². The molecule has 0 unspecified atom stereocenters. The van der Waals surface area contributed by atoms with Crippen molar-refractivity contribution < 1.29 is 78.3 Å². The molecule has 0 saturated carbocycles. The lowest BCUT2D eigenvalue weighted by Crippen LogP contribution is -2.14. The summed E-state index contributed by atoms with van der Waals surface area (Å²) in [5, 5.41) is 65.8. The zero-order chi connectivity index (χ0) is 48.1. The van der Waals surface area contributed by atoms with Gasteiger partial charge in [0.25, 0.3) is 35.9 Å². The maximum atomic E-state index is 13.2. The third-order valence-electron chi connectivity index (χ3n) is 8.74. The van der Waals surface area contributed by atoms with Crippen LogP contribution in [0.1, 0.15) is 10.5 Å². The maximum absolute atomic E-state index is 13.2. The Morgan fingerprint density at radius 2 is 1.20 bits per heavy atom. The van der Waals surface area contributed by atoms with Crippen molar-refractivity contribution in [1.82, 2.24) is 9.78 Å². The minimum absolute atomic E-state index is 0.0435. The van der Waals surface area contributed by atoms with Crippen LogP contribution in [0, 0.1) is 0 Å². The number of hydrogen-bond acceptors (Lipinski definition) is 20. The summed E-state index contributed by atoms with van der Waals surface area (Å²) in [6, 6.07) is 14.4. The summed E-state index contributed by atoms with van der Waals surface area (Å²) in [7, 11) is -13.4. The third-order valence-corrected chi connectivity index (χ3v) is 11.4. The van der Waals surface area contributed by atoms with Crippen LogP contribution in [-0.4, -0.2) is 109 Å². The standard InChI is InChI=1S/C37H32N8O18S3/c1-61-27-9-3-21(16-30(27)65(55,56)57)38-40-25-17-29(63-13-11-47)26(18-28(25)62-12-10-46)41-42-32-31(66(58,59)60)15-19-14-20(2-8-24(19)35(32)48)39-43-33-34(37(50)51)44-45(36(33)49)22-4-6-23(7-5-22)64(52,53)54/h2-9,14-18,44,46-48H,10-13H2,1H3,(H,50,51)(H,52,53,54)(H,55,56,57)(H,58,59,60). The zero-order valence-corrected chi connectivity index (χ0v) is 35.8. The molecule has 0 aliphatic rings. The zero-order valence-electron chi connectivity index (χ0n) is 33.3. The number of aromatic nitrogens is 2. The number of H-pyrrole nitrogens is 1. The average molecular weight is 973 g/mol. The number of rotatable bonds is 18. The minimum Gasteiger partial charge on any atom is -0.505 e. The molecule has 26 nitrogen and oxygen atoms in total. The fraction of sp³-hybridized carbons (Fsp3) is 0.135. The van der Waals surface area contributed by atoms with Crippen LogP contribution < -0.4 is 19.8 Å². The van der Waals surface area contributed by atoms with Crippen molar-refractivity contribution in [2.24, 2.45) is 30.7 Å². The molecule has 0 amide bonds. The van der Waals surface area contributed by atoms with E-state index in [1.165, 1.54) is 37.4 Å². The molecule has 0 atom stereocenters. The smallest absolute Gasteiger partial charge is 0.356 e. The largest absolute Gasteiger partial charge is 0.505 e. The highest BCUT2D eigenvalue weighted by molar-refractivity contribution is 7.86. The van der Waals surface area contributed by atoms with Gasteiger partial charge in [0.2, 0.25) is 0 Å². The molecule has 0 fully saturated rings. The Labute approximate surface area is 370 Å². The van der Waals surface area contributed by atoms with Gasteiger partial charge < -0.3 is 34.6 Å².